The van der Waals surface area contributed by atoms with E-state index in [2.05, 4.69) is 30.3 Å². The summed E-state index contributed by atoms with van der Waals surface area (Å²) in [5.74, 6) is 1.58. The molecule has 2 aromatic heterocycles. The van der Waals surface area contributed by atoms with Crippen molar-refractivity contribution in [2.75, 3.05) is 37.9 Å². The molecule has 0 unspecified atom stereocenters. The van der Waals surface area contributed by atoms with Crippen LogP contribution in [0.25, 0.3) is 10.9 Å². The van der Waals surface area contributed by atoms with Crippen LogP contribution >= 0.6 is 0 Å². The van der Waals surface area contributed by atoms with Gasteiger partial charge in [0.25, 0.3) is 5.56 Å². The molecule has 1 fully saturated rings. The SMILES string of the molecule is O=c1[nH]c2cc3c(cc2cc1[C@H](c1nnnn1Cc1ccccc1)N1CCN(c2ccc(F)cc2)CC1)OCO3. The lowest BCUT2D eigenvalue weighted by Gasteiger charge is -2.39. The first-order chi connectivity index (χ1) is 19.6. The van der Waals surface area contributed by atoms with E-state index in [1.165, 1.54) is 12.1 Å². The summed E-state index contributed by atoms with van der Waals surface area (Å²) in [7, 11) is 0. The van der Waals surface area contributed by atoms with Crippen molar-refractivity contribution in [3.63, 3.8) is 0 Å². The highest BCUT2D eigenvalue weighted by Gasteiger charge is 2.33. The first-order valence-electron chi connectivity index (χ1n) is 13.1. The Labute approximate surface area is 228 Å². The van der Waals surface area contributed by atoms with Crippen LogP contribution in [0.15, 0.2) is 77.6 Å². The standard InChI is InChI=1S/C29H26FN7O3/c30-21-6-8-22(9-7-21)35-10-12-36(13-11-35)27(28-32-33-34-37(28)17-19-4-2-1-3-5-19)23-14-20-15-25-26(40-18-39-25)16-24(20)31-29(23)38/h1-9,14-16,27H,10-13,17-18H2,(H,31,38)/t27-/m1/s1. The van der Waals surface area contributed by atoms with Gasteiger partial charge in [-0.25, -0.2) is 9.07 Å². The van der Waals surface area contributed by atoms with Gasteiger partial charge < -0.3 is 19.4 Å². The van der Waals surface area contributed by atoms with E-state index in [4.69, 9.17) is 9.47 Å². The molecule has 11 heteroatoms. The molecule has 0 saturated carbocycles. The highest BCUT2D eigenvalue weighted by molar-refractivity contribution is 5.83. The van der Waals surface area contributed by atoms with E-state index in [1.54, 1.807) is 22.9 Å². The number of aromatic nitrogens is 5. The van der Waals surface area contributed by atoms with Crippen LogP contribution in [0.3, 0.4) is 0 Å². The summed E-state index contributed by atoms with van der Waals surface area (Å²) in [6, 6.07) is 21.6. The maximum atomic E-state index is 13.6. The Kier molecular flexibility index (Phi) is 6.12. The monoisotopic (exact) mass is 539 g/mol. The molecular weight excluding hydrogens is 513 g/mol. The number of rotatable bonds is 6. The topological polar surface area (TPSA) is 101 Å². The number of H-pyrrole nitrogens is 1. The van der Waals surface area contributed by atoms with E-state index < -0.39 is 6.04 Å². The molecule has 4 heterocycles. The van der Waals surface area contributed by atoms with Crippen molar-refractivity contribution in [1.29, 1.82) is 0 Å². The largest absolute Gasteiger partial charge is 0.454 e. The van der Waals surface area contributed by atoms with Crippen molar-refractivity contribution in [2.45, 2.75) is 12.6 Å². The van der Waals surface area contributed by atoms with E-state index in [0.717, 1.165) is 16.6 Å². The van der Waals surface area contributed by atoms with E-state index in [-0.39, 0.29) is 18.2 Å². The second-order valence-corrected chi connectivity index (χ2v) is 9.93. The average Bonchev–Trinajstić information content (AvgIpc) is 3.63. The van der Waals surface area contributed by atoms with Gasteiger partial charge >= 0.3 is 0 Å². The van der Waals surface area contributed by atoms with E-state index in [9.17, 15) is 9.18 Å². The number of hydrogen-bond acceptors (Lipinski definition) is 8. The lowest BCUT2D eigenvalue weighted by molar-refractivity contribution is 0.174. The van der Waals surface area contributed by atoms with Gasteiger partial charge in [-0.1, -0.05) is 30.3 Å². The molecule has 2 aliphatic rings. The van der Waals surface area contributed by atoms with Gasteiger partial charge in [0, 0.05) is 48.9 Å². The molecule has 1 N–H and O–H groups in total. The van der Waals surface area contributed by atoms with Gasteiger partial charge in [0.2, 0.25) is 6.79 Å². The van der Waals surface area contributed by atoms with Crippen LogP contribution < -0.4 is 19.9 Å². The summed E-state index contributed by atoms with van der Waals surface area (Å²) in [5.41, 5.74) is 3.02. The molecule has 7 rings (SSSR count). The summed E-state index contributed by atoms with van der Waals surface area (Å²) in [6.45, 7) is 3.33. The predicted molar refractivity (Wildman–Crippen MR) is 146 cm³/mol. The summed E-state index contributed by atoms with van der Waals surface area (Å²) in [5, 5.41) is 13.6. The molecular formula is C29H26FN7O3. The average molecular weight is 540 g/mol. The first kappa shape index (κ1) is 24.3. The van der Waals surface area contributed by atoms with Crippen LogP contribution in [-0.2, 0) is 6.54 Å². The first-order valence-corrected chi connectivity index (χ1v) is 13.1. The van der Waals surface area contributed by atoms with E-state index in [0.29, 0.717) is 61.1 Å². The van der Waals surface area contributed by atoms with Crippen molar-refractivity contribution in [3.8, 4) is 11.5 Å². The number of nitrogens with one attached hydrogen (secondary N) is 1. The van der Waals surface area contributed by atoms with E-state index in [1.807, 2.05) is 42.5 Å². The highest BCUT2D eigenvalue weighted by Crippen LogP contribution is 2.36. The maximum absolute atomic E-state index is 13.6. The third-order valence-electron chi connectivity index (χ3n) is 7.51. The predicted octanol–water partition coefficient (Wildman–Crippen LogP) is 3.34. The Hall–Kier alpha value is -4.77. The minimum atomic E-state index is -0.493. The van der Waals surface area contributed by atoms with Gasteiger partial charge in [-0.3, -0.25) is 9.69 Å². The number of fused-ring (bicyclic) bond motifs is 2. The van der Waals surface area contributed by atoms with Crippen LogP contribution in [0.2, 0.25) is 0 Å². The normalized spacial score (nSPS) is 16.0. The van der Waals surface area contributed by atoms with Gasteiger partial charge in [0.05, 0.1) is 12.1 Å². The zero-order valence-corrected chi connectivity index (χ0v) is 21.5. The summed E-state index contributed by atoms with van der Waals surface area (Å²) < 4.78 is 26.3. The summed E-state index contributed by atoms with van der Waals surface area (Å²) in [6.07, 6.45) is 0. The Morgan fingerprint density at radius 1 is 0.925 bits per heavy atom. The minimum absolute atomic E-state index is 0.151. The van der Waals surface area contributed by atoms with Gasteiger partial charge in [-0.15, -0.1) is 5.10 Å². The Balaban J connectivity index is 1.27. The van der Waals surface area contributed by atoms with Crippen LogP contribution in [0.1, 0.15) is 23.0 Å². The molecule has 3 aromatic carbocycles. The molecule has 2 aliphatic heterocycles. The van der Waals surface area contributed by atoms with Gasteiger partial charge in [0.15, 0.2) is 17.3 Å². The number of benzene rings is 3. The van der Waals surface area contributed by atoms with Crippen molar-refractivity contribution >= 4 is 16.6 Å². The number of piperazine rings is 1. The van der Waals surface area contributed by atoms with Crippen molar-refractivity contribution in [2.24, 2.45) is 0 Å². The lowest BCUT2D eigenvalue weighted by Crippen LogP contribution is -2.49. The van der Waals surface area contributed by atoms with Gasteiger partial charge in [-0.05, 0) is 52.4 Å². The quantitative estimate of drug-likeness (QED) is 0.351. The Morgan fingerprint density at radius 2 is 1.68 bits per heavy atom. The Morgan fingerprint density at radius 3 is 2.45 bits per heavy atom. The molecule has 0 radical (unpaired) electrons. The number of ether oxygens (including phenoxy) is 2. The molecule has 10 nitrogen and oxygen atoms in total. The number of aromatic amines is 1. The molecule has 0 spiro atoms. The third-order valence-corrected chi connectivity index (χ3v) is 7.51. The summed E-state index contributed by atoms with van der Waals surface area (Å²) >= 11 is 0. The van der Waals surface area contributed by atoms with Crippen molar-refractivity contribution < 1.29 is 13.9 Å². The van der Waals surface area contributed by atoms with Crippen LogP contribution in [0, 0.1) is 5.82 Å². The Bertz CT molecular complexity index is 1710. The minimum Gasteiger partial charge on any atom is -0.454 e. The molecule has 0 bridgehead atoms. The summed E-state index contributed by atoms with van der Waals surface area (Å²) in [4.78, 5) is 21.1. The molecule has 1 atom stereocenters. The maximum Gasteiger partial charge on any atom is 0.253 e. The number of pyridine rings is 1. The van der Waals surface area contributed by atoms with E-state index >= 15 is 0 Å². The molecule has 5 aromatic rings. The zero-order valence-electron chi connectivity index (χ0n) is 21.5. The molecule has 1 saturated heterocycles. The smallest absolute Gasteiger partial charge is 0.253 e. The molecule has 40 heavy (non-hydrogen) atoms. The number of halogens is 1. The van der Waals surface area contributed by atoms with Gasteiger partial charge in [0.1, 0.15) is 11.9 Å². The number of tetrazole rings is 1. The fourth-order valence-electron chi connectivity index (χ4n) is 5.48. The molecule has 0 amide bonds. The number of nitrogens with zero attached hydrogens (tertiary/aromatic N) is 6. The van der Waals surface area contributed by atoms with Crippen LogP contribution in [0.4, 0.5) is 10.1 Å². The number of hydrogen-bond donors (Lipinski definition) is 1. The van der Waals surface area contributed by atoms with Crippen molar-refractivity contribution in [1.82, 2.24) is 30.1 Å². The second kappa shape index (κ2) is 10.1. The highest BCUT2D eigenvalue weighted by atomic mass is 19.1. The number of anilines is 1. The zero-order chi connectivity index (χ0) is 27.1. The molecule has 202 valence electrons. The third kappa shape index (κ3) is 4.54. The van der Waals surface area contributed by atoms with Crippen molar-refractivity contribution in [3.05, 3.63) is 106 Å². The van der Waals surface area contributed by atoms with Crippen LogP contribution in [0.5, 0.6) is 11.5 Å². The lowest BCUT2D eigenvalue weighted by atomic mass is 10.0. The van der Waals surface area contributed by atoms with Crippen LogP contribution in [-0.4, -0.2) is 63.1 Å². The fraction of sp³-hybridized carbons (Fsp3) is 0.241. The fourth-order valence-corrected chi connectivity index (χ4v) is 5.48. The molecule has 0 aliphatic carbocycles. The van der Waals surface area contributed by atoms with Gasteiger partial charge in [-0.2, -0.15) is 0 Å². The second-order valence-electron chi connectivity index (χ2n) is 9.93.